The predicted molar refractivity (Wildman–Crippen MR) is 124 cm³/mol. The molecule has 1 aliphatic rings. The molecule has 0 unspecified atom stereocenters. The number of aliphatic imine (C=N–C) groups is 1. The Morgan fingerprint density at radius 2 is 2.03 bits per heavy atom. The summed E-state index contributed by atoms with van der Waals surface area (Å²) in [7, 11) is 0. The Balaban J connectivity index is 1.46. The molecule has 2 N–H and O–H groups in total. The molecule has 1 aromatic carbocycles. The van der Waals surface area contributed by atoms with E-state index in [4.69, 9.17) is 4.99 Å². The maximum atomic E-state index is 4.81. The normalized spacial score (nSPS) is 16.2. The van der Waals surface area contributed by atoms with Gasteiger partial charge in [-0.05, 0) is 46.1 Å². The van der Waals surface area contributed by atoms with Gasteiger partial charge in [0, 0.05) is 50.1 Å². The molecule has 6 heteroatoms. The van der Waals surface area contributed by atoms with Gasteiger partial charge < -0.3 is 10.6 Å². The number of guanidine groups is 1. The molecule has 29 heavy (non-hydrogen) atoms. The lowest BCUT2D eigenvalue weighted by molar-refractivity contribution is 0.198. The minimum absolute atomic E-state index is 0.494. The Morgan fingerprint density at radius 3 is 2.69 bits per heavy atom. The van der Waals surface area contributed by atoms with E-state index in [1.165, 1.54) is 16.0 Å². The highest BCUT2D eigenvalue weighted by Crippen LogP contribution is 2.18. The topological polar surface area (TPSA) is 52.6 Å². The van der Waals surface area contributed by atoms with E-state index >= 15 is 0 Å². The van der Waals surface area contributed by atoms with E-state index in [0.717, 1.165) is 68.6 Å². The molecule has 1 fully saturated rings. The van der Waals surface area contributed by atoms with Crippen molar-refractivity contribution in [1.82, 2.24) is 20.5 Å². The number of hydrogen-bond donors (Lipinski definition) is 2. The van der Waals surface area contributed by atoms with Crippen molar-refractivity contribution in [2.24, 2.45) is 4.99 Å². The van der Waals surface area contributed by atoms with Crippen LogP contribution < -0.4 is 10.6 Å². The first-order chi connectivity index (χ1) is 14.0. The summed E-state index contributed by atoms with van der Waals surface area (Å²) >= 11 is 1.79. The first kappa shape index (κ1) is 21.8. The van der Waals surface area contributed by atoms with Crippen LogP contribution in [-0.2, 0) is 13.0 Å². The Bertz CT molecular complexity index is 805. The smallest absolute Gasteiger partial charge is 0.191 e. The minimum atomic E-state index is 0.494. The molecule has 3 rings (SSSR count). The quantitative estimate of drug-likeness (QED) is 0.535. The summed E-state index contributed by atoms with van der Waals surface area (Å²) < 4.78 is 0. The predicted octanol–water partition coefficient (Wildman–Crippen LogP) is 3.83. The summed E-state index contributed by atoms with van der Waals surface area (Å²) in [5.74, 6) is 0.948. The molecule has 0 aliphatic carbocycles. The van der Waals surface area contributed by atoms with E-state index in [0.29, 0.717) is 6.04 Å². The molecular formula is C23H35N5S. The maximum absolute atomic E-state index is 4.81. The van der Waals surface area contributed by atoms with Gasteiger partial charge in [-0.15, -0.1) is 11.3 Å². The second-order valence-electron chi connectivity index (χ2n) is 7.94. The third-order valence-corrected chi connectivity index (χ3v) is 6.50. The number of nitrogens with one attached hydrogen (secondary N) is 2. The second kappa shape index (κ2) is 10.7. The average Bonchev–Trinajstić information content (AvgIpc) is 3.01. The van der Waals surface area contributed by atoms with Crippen LogP contribution >= 0.6 is 11.3 Å². The van der Waals surface area contributed by atoms with Gasteiger partial charge in [0.05, 0.1) is 10.7 Å². The van der Waals surface area contributed by atoms with Crippen LogP contribution in [0.1, 0.15) is 46.5 Å². The number of likely N-dealkylation sites (tertiary alicyclic amines) is 1. The van der Waals surface area contributed by atoms with Crippen molar-refractivity contribution < 1.29 is 0 Å². The lowest BCUT2D eigenvalue weighted by Crippen LogP contribution is -2.48. The summed E-state index contributed by atoms with van der Waals surface area (Å²) in [6.45, 7) is 13.4. The number of nitrogens with zero attached hydrogens (tertiary/aromatic N) is 3. The molecule has 0 bridgehead atoms. The Morgan fingerprint density at radius 1 is 1.24 bits per heavy atom. The Kier molecular flexibility index (Phi) is 8.07. The summed E-state index contributed by atoms with van der Waals surface area (Å²) in [5, 5.41) is 8.21. The Labute approximate surface area is 179 Å². The zero-order valence-corrected chi connectivity index (χ0v) is 19.1. The van der Waals surface area contributed by atoms with Gasteiger partial charge in [0.15, 0.2) is 5.96 Å². The van der Waals surface area contributed by atoms with Crippen molar-refractivity contribution >= 4 is 17.3 Å². The lowest BCUT2D eigenvalue weighted by atomic mass is 10.0. The number of hydrogen-bond acceptors (Lipinski definition) is 4. The van der Waals surface area contributed by atoms with Crippen molar-refractivity contribution in [3.05, 3.63) is 51.0 Å². The number of benzene rings is 1. The third kappa shape index (κ3) is 6.82. The molecule has 0 spiro atoms. The molecule has 158 valence electrons. The average molecular weight is 414 g/mol. The van der Waals surface area contributed by atoms with Crippen molar-refractivity contribution in [3.63, 3.8) is 0 Å². The molecule has 0 radical (unpaired) electrons. The van der Waals surface area contributed by atoms with E-state index in [1.54, 1.807) is 11.3 Å². The summed E-state index contributed by atoms with van der Waals surface area (Å²) in [6.07, 6.45) is 3.27. The summed E-state index contributed by atoms with van der Waals surface area (Å²) in [5.41, 5.74) is 3.91. The van der Waals surface area contributed by atoms with Crippen molar-refractivity contribution in [2.75, 3.05) is 26.2 Å². The lowest BCUT2D eigenvalue weighted by Gasteiger charge is -2.33. The highest BCUT2D eigenvalue weighted by atomic mass is 32.1. The summed E-state index contributed by atoms with van der Waals surface area (Å²) in [6, 6.07) is 9.35. The minimum Gasteiger partial charge on any atom is -0.357 e. The van der Waals surface area contributed by atoms with Gasteiger partial charge in [-0.25, -0.2) is 4.98 Å². The van der Waals surface area contributed by atoms with E-state index in [-0.39, 0.29) is 0 Å². The molecule has 0 atom stereocenters. The molecule has 1 aliphatic heterocycles. The standard InChI is InChI=1S/C23H35N5S/c1-5-24-23(25-12-9-22-18(3)26-19(4)29-22)27-21-10-13-28(14-11-21)16-20-8-6-7-17(2)15-20/h6-8,15,21H,5,9-14,16H2,1-4H3,(H2,24,25,27). The van der Waals surface area contributed by atoms with Crippen LogP contribution in [0.2, 0.25) is 0 Å². The van der Waals surface area contributed by atoms with Gasteiger partial charge in [-0.2, -0.15) is 0 Å². The Hall–Kier alpha value is -1.92. The van der Waals surface area contributed by atoms with Crippen LogP contribution in [0.15, 0.2) is 29.3 Å². The van der Waals surface area contributed by atoms with E-state index in [2.05, 4.69) is 72.5 Å². The van der Waals surface area contributed by atoms with Crippen molar-refractivity contribution in [3.8, 4) is 0 Å². The zero-order chi connectivity index (χ0) is 20.6. The SMILES string of the molecule is CCNC(=NCCc1sc(C)nc1C)NC1CCN(Cc2cccc(C)c2)CC1. The highest BCUT2D eigenvalue weighted by molar-refractivity contribution is 7.11. The molecule has 2 aromatic rings. The van der Waals surface area contributed by atoms with Crippen LogP contribution in [-0.4, -0.2) is 48.1 Å². The number of rotatable bonds is 7. The fourth-order valence-electron chi connectivity index (χ4n) is 3.89. The van der Waals surface area contributed by atoms with Crippen LogP contribution in [0.25, 0.3) is 0 Å². The van der Waals surface area contributed by atoms with Crippen molar-refractivity contribution in [1.29, 1.82) is 0 Å². The first-order valence-electron chi connectivity index (χ1n) is 10.8. The van der Waals surface area contributed by atoms with Gasteiger partial charge in [0.2, 0.25) is 0 Å². The van der Waals surface area contributed by atoms with Gasteiger partial charge in [0.25, 0.3) is 0 Å². The number of aryl methyl sites for hydroxylation is 3. The number of piperidine rings is 1. The van der Waals surface area contributed by atoms with Crippen LogP contribution in [0.5, 0.6) is 0 Å². The van der Waals surface area contributed by atoms with Gasteiger partial charge in [-0.1, -0.05) is 29.8 Å². The van der Waals surface area contributed by atoms with Crippen LogP contribution in [0, 0.1) is 20.8 Å². The fraction of sp³-hybridized carbons (Fsp3) is 0.565. The second-order valence-corrected chi connectivity index (χ2v) is 9.22. The van der Waals surface area contributed by atoms with Gasteiger partial charge >= 0.3 is 0 Å². The molecule has 0 amide bonds. The van der Waals surface area contributed by atoms with Crippen molar-refractivity contribution in [2.45, 2.75) is 59.5 Å². The molecule has 2 heterocycles. The van der Waals surface area contributed by atoms with E-state index in [9.17, 15) is 0 Å². The number of thiazole rings is 1. The van der Waals surface area contributed by atoms with Gasteiger partial charge in [0.1, 0.15) is 0 Å². The fourth-order valence-corrected chi connectivity index (χ4v) is 4.82. The highest BCUT2D eigenvalue weighted by Gasteiger charge is 2.20. The van der Waals surface area contributed by atoms with E-state index in [1.807, 2.05) is 0 Å². The monoisotopic (exact) mass is 413 g/mol. The van der Waals surface area contributed by atoms with Crippen LogP contribution in [0.3, 0.4) is 0 Å². The molecule has 0 saturated carbocycles. The molecule has 1 saturated heterocycles. The molecule has 5 nitrogen and oxygen atoms in total. The van der Waals surface area contributed by atoms with Crippen LogP contribution in [0.4, 0.5) is 0 Å². The third-order valence-electron chi connectivity index (χ3n) is 5.37. The largest absolute Gasteiger partial charge is 0.357 e. The molecular weight excluding hydrogens is 378 g/mol. The molecule has 1 aromatic heterocycles. The number of aromatic nitrogens is 1. The van der Waals surface area contributed by atoms with Gasteiger partial charge in [-0.3, -0.25) is 9.89 Å². The van der Waals surface area contributed by atoms with E-state index < -0.39 is 0 Å². The zero-order valence-electron chi connectivity index (χ0n) is 18.3. The first-order valence-corrected chi connectivity index (χ1v) is 11.6. The summed E-state index contributed by atoms with van der Waals surface area (Å²) in [4.78, 5) is 13.2. The maximum Gasteiger partial charge on any atom is 0.191 e.